The minimum absolute atomic E-state index is 0.173. The molecular weight excluding hydrogens is 288 g/mol. The highest BCUT2D eigenvalue weighted by atomic mass is 32.2. The van der Waals surface area contributed by atoms with E-state index >= 15 is 0 Å². The molecule has 0 radical (unpaired) electrons. The fourth-order valence-corrected chi connectivity index (χ4v) is 4.45. The van der Waals surface area contributed by atoms with Crippen molar-refractivity contribution in [2.24, 2.45) is 11.7 Å². The van der Waals surface area contributed by atoms with Gasteiger partial charge < -0.3 is 5.73 Å². The highest BCUT2D eigenvalue weighted by molar-refractivity contribution is 7.91. The van der Waals surface area contributed by atoms with Gasteiger partial charge in [-0.2, -0.15) is 5.10 Å². The molecule has 3 unspecified atom stereocenters. The van der Waals surface area contributed by atoms with Crippen LogP contribution in [-0.4, -0.2) is 34.5 Å². The SMILES string of the molecule is CS(=O)(=O)C1CCCC(C(N)c2cnn3ccncc23)C1. The summed E-state index contributed by atoms with van der Waals surface area (Å²) in [5.74, 6) is 0.173. The van der Waals surface area contributed by atoms with Crippen molar-refractivity contribution in [3.8, 4) is 0 Å². The van der Waals surface area contributed by atoms with Gasteiger partial charge in [-0.1, -0.05) is 6.42 Å². The van der Waals surface area contributed by atoms with Crippen molar-refractivity contribution in [2.75, 3.05) is 6.26 Å². The normalized spacial score (nSPS) is 25.0. The van der Waals surface area contributed by atoms with Gasteiger partial charge in [-0.15, -0.1) is 0 Å². The molecule has 0 bridgehead atoms. The first-order valence-corrected chi connectivity index (χ1v) is 9.14. The molecule has 1 saturated carbocycles. The molecule has 0 amide bonds. The second kappa shape index (κ2) is 5.38. The fourth-order valence-electron chi connectivity index (χ4n) is 3.26. The van der Waals surface area contributed by atoms with Crippen molar-refractivity contribution < 1.29 is 8.42 Å². The summed E-state index contributed by atoms with van der Waals surface area (Å²) in [6.07, 6.45) is 11.6. The number of rotatable bonds is 3. The summed E-state index contributed by atoms with van der Waals surface area (Å²) in [5, 5.41) is 4.02. The second-order valence-corrected chi connectivity index (χ2v) is 8.24. The van der Waals surface area contributed by atoms with E-state index in [-0.39, 0.29) is 17.2 Å². The number of hydrogen-bond acceptors (Lipinski definition) is 5. The number of sulfone groups is 1. The molecule has 3 rings (SSSR count). The van der Waals surface area contributed by atoms with Crippen LogP contribution in [0.3, 0.4) is 0 Å². The Hall–Kier alpha value is -1.47. The van der Waals surface area contributed by atoms with Crippen LogP contribution in [-0.2, 0) is 9.84 Å². The van der Waals surface area contributed by atoms with E-state index < -0.39 is 9.84 Å². The van der Waals surface area contributed by atoms with Gasteiger partial charge in [0.1, 0.15) is 9.84 Å². The second-order valence-electron chi connectivity index (χ2n) is 5.91. The first kappa shape index (κ1) is 14.5. The Morgan fingerprint density at radius 1 is 1.38 bits per heavy atom. The third kappa shape index (κ3) is 2.80. The lowest BCUT2D eigenvalue weighted by Crippen LogP contribution is -2.32. The highest BCUT2D eigenvalue weighted by Crippen LogP contribution is 2.36. The van der Waals surface area contributed by atoms with Crippen molar-refractivity contribution in [1.82, 2.24) is 14.6 Å². The summed E-state index contributed by atoms with van der Waals surface area (Å²) in [7, 11) is -2.99. The van der Waals surface area contributed by atoms with Crippen LogP contribution in [0.15, 0.2) is 24.8 Å². The van der Waals surface area contributed by atoms with E-state index in [1.807, 2.05) is 0 Å². The zero-order valence-electron chi connectivity index (χ0n) is 12.0. The van der Waals surface area contributed by atoms with Crippen LogP contribution < -0.4 is 5.73 Å². The summed E-state index contributed by atoms with van der Waals surface area (Å²) < 4.78 is 25.3. The molecule has 3 atom stereocenters. The smallest absolute Gasteiger partial charge is 0.150 e. The number of nitrogens with zero attached hydrogens (tertiary/aromatic N) is 3. The Balaban J connectivity index is 1.86. The first-order chi connectivity index (χ1) is 9.97. The van der Waals surface area contributed by atoms with E-state index in [0.29, 0.717) is 6.42 Å². The summed E-state index contributed by atoms with van der Waals surface area (Å²) in [6.45, 7) is 0. The van der Waals surface area contributed by atoms with Gasteiger partial charge in [-0.05, 0) is 25.2 Å². The lowest BCUT2D eigenvalue weighted by molar-refractivity contribution is 0.310. The minimum atomic E-state index is -2.99. The van der Waals surface area contributed by atoms with E-state index in [1.54, 1.807) is 29.3 Å². The molecule has 114 valence electrons. The molecule has 2 aromatic heterocycles. The number of nitrogens with two attached hydrogens (primary N) is 1. The maximum absolute atomic E-state index is 11.8. The van der Waals surface area contributed by atoms with Crippen LogP contribution in [0.1, 0.15) is 37.3 Å². The molecule has 21 heavy (non-hydrogen) atoms. The molecule has 2 N–H and O–H groups in total. The van der Waals surface area contributed by atoms with E-state index in [1.165, 1.54) is 6.26 Å². The van der Waals surface area contributed by atoms with Crippen LogP contribution in [0.4, 0.5) is 0 Å². The van der Waals surface area contributed by atoms with E-state index in [0.717, 1.165) is 30.3 Å². The van der Waals surface area contributed by atoms with Crippen LogP contribution >= 0.6 is 0 Å². The van der Waals surface area contributed by atoms with Gasteiger partial charge in [0, 0.05) is 30.3 Å². The summed E-state index contributed by atoms with van der Waals surface area (Å²) >= 11 is 0. The van der Waals surface area contributed by atoms with Gasteiger partial charge >= 0.3 is 0 Å². The van der Waals surface area contributed by atoms with Crippen molar-refractivity contribution in [3.63, 3.8) is 0 Å². The molecule has 1 fully saturated rings. The first-order valence-electron chi connectivity index (χ1n) is 7.18. The van der Waals surface area contributed by atoms with Crippen molar-refractivity contribution in [3.05, 3.63) is 30.4 Å². The molecule has 2 aromatic rings. The average Bonchev–Trinajstić information content (AvgIpc) is 2.90. The quantitative estimate of drug-likeness (QED) is 0.924. The minimum Gasteiger partial charge on any atom is -0.324 e. The van der Waals surface area contributed by atoms with Gasteiger partial charge in [0.2, 0.25) is 0 Å². The number of hydrogen-bond donors (Lipinski definition) is 1. The molecule has 0 aromatic carbocycles. The molecule has 1 aliphatic carbocycles. The molecule has 6 nitrogen and oxygen atoms in total. The Kier molecular flexibility index (Phi) is 3.71. The standard InChI is InChI=1S/C14H20N4O2S/c1-21(19,20)11-4-2-3-10(7-11)14(15)12-8-17-18-6-5-16-9-13(12)18/h5-6,8-11,14H,2-4,7,15H2,1H3. The third-order valence-electron chi connectivity index (χ3n) is 4.49. The number of fused-ring (bicyclic) bond motifs is 1. The maximum atomic E-state index is 11.8. The van der Waals surface area contributed by atoms with Gasteiger partial charge in [0.25, 0.3) is 0 Å². The summed E-state index contributed by atoms with van der Waals surface area (Å²) in [5.41, 5.74) is 8.25. The van der Waals surface area contributed by atoms with Crippen LogP contribution in [0.2, 0.25) is 0 Å². The van der Waals surface area contributed by atoms with E-state index in [9.17, 15) is 8.42 Å². The van der Waals surface area contributed by atoms with E-state index in [4.69, 9.17) is 5.73 Å². The zero-order valence-corrected chi connectivity index (χ0v) is 12.8. The van der Waals surface area contributed by atoms with Crippen molar-refractivity contribution >= 4 is 15.4 Å². The summed E-state index contributed by atoms with van der Waals surface area (Å²) in [6, 6.07) is -0.198. The Bertz CT molecular complexity index is 740. The largest absolute Gasteiger partial charge is 0.324 e. The monoisotopic (exact) mass is 308 g/mol. The Labute approximate surface area is 124 Å². The van der Waals surface area contributed by atoms with Gasteiger partial charge in [0.05, 0.1) is 23.2 Å². The van der Waals surface area contributed by atoms with Crippen LogP contribution in [0.5, 0.6) is 0 Å². The molecule has 0 saturated heterocycles. The molecule has 7 heteroatoms. The van der Waals surface area contributed by atoms with Gasteiger partial charge in [-0.25, -0.2) is 12.9 Å². The lowest BCUT2D eigenvalue weighted by atomic mass is 9.81. The fraction of sp³-hybridized carbons (Fsp3) is 0.571. The zero-order chi connectivity index (χ0) is 15.0. The molecular formula is C14H20N4O2S. The number of aromatic nitrogens is 3. The molecule has 0 aliphatic heterocycles. The van der Waals surface area contributed by atoms with Crippen LogP contribution in [0.25, 0.3) is 5.52 Å². The van der Waals surface area contributed by atoms with Gasteiger partial charge in [-0.3, -0.25) is 4.98 Å². The average molecular weight is 308 g/mol. The molecule has 2 heterocycles. The predicted octanol–water partition coefficient (Wildman–Crippen LogP) is 1.33. The maximum Gasteiger partial charge on any atom is 0.150 e. The molecule has 1 aliphatic rings. The molecule has 0 spiro atoms. The topological polar surface area (TPSA) is 90.3 Å². The van der Waals surface area contributed by atoms with Crippen molar-refractivity contribution in [2.45, 2.75) is 37.0 Å². The highest BCUT2D eigenvalue weighted by Gasteiger charge is 2.33. The lowest BCUT2D eigenvalue weighted by Gasteiger charge is -2.31. The third-order valence-corrected chi connectivity index (χ3v) is 6.13. The van der Waals surface area contributed by atoms with Crippen molar-refractivity contribution in [1.29, 1.82) is 0 Å². The van der Waals surface area contributed by atoms with E-state index in [2.05, 4.69) is 10.1 Å². The predicted molar refractivity (Wildman–Crippen MR) is 80.5 cm³/mol. The summed E-state index contributed by atoms with van der Waals surface area (Å²) in [4.78, 5) is 4.12. The van der Waals surface area contributed by atoms with Crippen LogP contribution in [0, 0.1) is 5.92 Å². The Morgan fingerprint density at radius 2 is 2.19 bits per heavy atom. The Morgan fingerprint density at radius 3 is 2.95 bits per heavy atom. The van der Waals surface area contributed by atoms with Gasteiger partial charge in [0.15, 0.2) is 0 Å².